The Morgan fingerprint density at radius 2 is 1.73 bits per heavy atom. The van der Waals surface area contributed by atoms with E-state index in [0.29, 0.717) is 12.6 Å². The maximum Gasteiger partial charge on any atom is 0.225 e. The van der Waals surface area contributed by atoms with Crippen molar-refractivity contribution >= 4 is 17.5 Å². The van der Waals surface area contributed by atoms with E-state index in [2.05, 4.69) is 39.7 Å². The summed E-state index contributed by atoms with van der Waals surface area (Å²) in [6.45, 7) is 6.69. The van der Waals surface area contributed by atoms with Gasteiger partial charge < -0.3 is 15.4 Å². The Hall–Kier alpha value is -3.08. The molecule has 1 heterocycles. The largest absolute Gasteiger partial charge is 0.494 e. The van der Waals surface area contributed by atoms with Crippen LogP contribution in [-0.4, -0.2) is 16.6 Å². The minimum atomic E-state index is 0.122. The van der Waals surface area contributed by atoms with Gasteiger partial charge in [-0.15, -0.1) is 0 Å². The van der Waals surface area contributed by atoms with Crippen molar-refractivity contribution in [2.24, 2.45) is 0 Å². The van der Waals surface area contributed by atoms with Crippen LogP contribution in [0, 0.1) is 6.92 Å². The molecule has 5 nitrogen and oxygen atoms in total. The van der Waals surface area contributed by atoms with E-state index in [1.54, 1.807) is 0 Å². The Bertz CT molecular complexity index is 834. The second-order valence-corrected chi connectivity index (χ2v) is 6.08. The summed E-state index contributed by atoms with van der Waals surface area (Å²) in [5.41, 5.74) is 3.04. The van der Waals surface area contributed by atoms with Crippen LogP contribution in [0.15, 0.2) is 60.7 Å². The first kappa shape index (κ1) is 17.7. The molecule has 1 atom stereocenters. The van der Waals surface area contributed by atoms with E-state index in [4.69, 9.17) is 4.74 Å². The molecule has 2 N–H and O–H groups in total. The van der Waals surface area contributed by atoms with Crippen LogP contribution in [0.2, 0.25) is 0 Å². The number of aromatic nitrogens is 2. The zero-order valence-corrected chi connectivity index (χ0v) is 15.4. The summed E-state index contributed by atoms with van der Waals surface area (Å²) in [6, 6.07) is 20.1. The molecular formula is C21H24N4O. The number of hydrogen-bond acceptors (Lipinski definition) is 5. The SMILES string of the molecule is CCOc1ccc(Nc2cc(C)nc(NC(C)c3ccccc3)n2)cc1. The van der Waals surface area contributed by atoms with Crippen molar-refractivity contribution in [3.63, 3.8) is 0 Å². The molecule has 0 bridgehead atoms. The van der Waals surface area contributed by atoms with Crippen LogP contribution in [0.25, 0.3) is 0 Å². The second kappa shape index (κ2) is 8.34. The van der Waals surface area contributed by atoms with Gasteiger partial charge in [0.05, 0.1) is 12.6 Å². The van der Waals surface area contributed by atoms with Crippen molar-refractivity contribution in [3.8, 4) is 5.75 Å². The van der Waals surface area contributed by atoms with E-state index in [-0.39, 0.29) is 6.04 Å². The highest BCUT2D eigenvalue weighted by Crippen LogP contribution is 2.22. The molecule has 1 aromatic heterocycles. The number of hydrogen-bond donors (Lipinski definition) is 2. The van der Waals surface area contributed by atoms with Gasteiger partial charge in [0, 0.05) is 17.4 Å². The van der Waals surface area contributed by atoms with Crippen LogP contribution in [0.5, 0.6) is 5.75 Å². The van der Waals surface area contributed by atoms with Crippen LogP contribution in [-0.2, 0) is 0 Å². The van der Waals surface area contributed by atoms with Gasteiger partial charge in [-0.25, -0.2) is 4.98 Å². The summed E-state index contributed by atoms with van der Waals surface area (Å²) in [7, 11) is 0. The molecule has 0 fully saturated rings. The molecule has 0 aliphatic carbocycles. The Morgan fingerprint density at radius 3 is 2.42 bits per heavy atom. The van der Waals surface area contributed by atoms with Gasteiger partial charge in [-0.1, -0.05) is 30.3 Å². The van der Waals surface area contributed by atoms with Gasteiger partial charge in [0.15, 0.2) is 0 Å². The summed E-state index contributed by atoms with van der Waals surface area (Å²) in [6.07, 6.45) is 0. The number of anilines is 3. The predicted octanol–water partition coefficient (Wildman–Crippen LogP) is 5.10. The molecule has 1 unspecified atom stereocenters. The van der Waals surface area contributed by atoms with Gasteiger partial charge in [0.25, 0.3) is 0 Å². The maximum absolute atomic E-state index is 5.47. The predicted molar refractivity (Wildman–Crippen MR) is 106 cm³/mol. The van der Waals surface area contributed by atoms with E-state index in [1.165, 1.54) is 5.56 Å². The van der Waals surface area contributed by atoms with E-state index >= 15 is 0 Å². The number of benzene rings is 2. The average Bonchev–Trinajstić information content (AvgIpc) is 2.64. The quantitative estimate of drug-likeness (QED) is 0.622. The second-order valence-electron chi connectivity index (χ2n) is 6.08. The molecule has 0 saturated carbocycles. The van der Waals surface area contributed by atoms with Gasteiger partial charge in [-0.2, -0.15) is 4.98 Å². The molecular weight excluding hydrogens is 324 g/mol. The van der Waals surface area contributed by atoms with E-state index in [0.717, 1.165) is 22.9 Å². The fraction of sp³-hybridized carbons (Fsp3) is 0.238. The molecule has 134 valence electrons. The molecule has 2 aromatic carbocycles. The van der Waals surface area contributed by atoms with Crippen LogP contribution in [0.4, 0.5) is 17.5 Å². The summed E-state index contributed by atoms with van der Waals surface area (Å²) < 4.78 is 5.47. The van der Waals surface area contributed by atoms with Gasteiger partial charge in [0.2, 0.25) is 5.95 Å². The highest BCUT2D eigenvalue weighted by atomic mass is 16.5. The Morgan fingerprint density at radius 1 is 1.00 bits per heavy atom. The topological polar surface area (TPSA) is 59.1 Å². The van der Waals surface area contributed by atoms with Gasteiger partial charge in [-0.3, -0.25) is 0 Å². The highest BCUT2D eigenvalue weighted by molar-refractivity contribution is 5.58. The average molecular weight is 348 g/mol. The zero-order valence-electron chi connectivity index (χ0n) is 15.4. The van der Waals surface area contributed by atoms with Gasteiger partial charge in [-0.05, 0) is 50.6 Å². The molecule has 0 saturated heterocycles. The highest BCUT2D eigenvalue weighted by Gasteiger charge is 2.08. The molecule has 26 heavy (non-hydrogen) atoms. The lowest BCUT2D eigenvalue weighted by Gasteiger charge is -2.15. The molecule has 0 aliphatic rings. The van der Waals surface area contributed by atoms with Crippen LogP contribution in [0.1, 0.15) is 31.1 Å². The third-order valence-corrected chi connectivity index (χ3v) is 3.94. The fourth-order valence-corrected chi connectivity index (χ4v) is 2.66. The van der Waals surface area contributed by atoms with Crippen molar-refractivity contribution in [1.29, 1.82) is 0 Å². The minimum absolute atomic E-state index is 0.122. The smallest absolute Gasteiger partial charge is 0.225 e. The van der Waals surface area contributed by atoms with E-state index < -0.39 is 0 Å². The zero-order chi connectivity index (χ0) is 18.4. The van der Waals surface area contributed by atoms with Crippen molar-refractivity contribution in [2.45, 2.75) is 26.8 Å². The number of ether oxygens (including phenoxy) is 1. The van der Waals surface area contributed by atoms with Crippen molar-refractivity contribution in [3.05, 3.63) is 71.9 Å². The van der Waals surface area contributed by atoms with E-state index in [9.17, 15) is 0 Å². The minimum Gasteiger partial charge on any atom is -0.494 e. The lowest BCUT2D eigenvalue weighted by atomic mass is 10.1. The first-order valence-corrected chi connectivity index (χ1v) is 8.81. The van der Waals surface area contributed by atoms with Crippen molar-refractivity contribution in [1.82, 2.24) is 9.97 Å². The summed E-state index contributed by atoms with van der Waals surface area (Å²) in [4.78, 5) is 9.09. The first-order valence-electron chi connectivity index (χ1n) is 8.81. The lowest BCUT2D eigenvalue weighted by Crippen LogP contribution is -2.10. The Kier molecular flexibility index (Phi) is 5.69. The summed E-state index contributed by atoms with van der Waals surface area (Å²) in [5, 5.41) is 6.69. The van der Waals surface area contributed by atoms with Crippen molar-refractivity contribution in [2.75, 3.05) is 17.2 Å². The standard InChI is InChI=1S/C21H24N4O/c1-4-26-19-12-10-18(11-13-19)24-20-14-15(2)22-21(25-20)23-16(3)17-8-6-5-7-9-17/h5-14,16H,4H2,1-3H3,(H2,22,23,24,25). The lowest BCUT2D eigenvalue weighted by molar-refractivity contribution is 0.340. The molecule has 0 amide bonds. The molecule has 0 radical (unpaired) electrons. The molecule has 0 aliphatic heterocycles. The number of aryl methyl sites for hydroxylation is 1. The molecule has 3 rings (SSSR count). The monoisotopic (exact) mass is 348 g/mol. The fourth-order valence-electron chi connectivity index (χ4n) is 2.66. The Balaban J connectivity index is 1.73. The van der Waals surface area contributed by atoms with Crippen LogP contribution < -0.4 is 15.4 Å². The molecule has 0 spiro atoms. The normalized spacial score (nSPS) is 11.7. The van der Waals surface area contributed by atoms with Crippen LogP contribution >= 0.6 is 0 Å². The van der Waals surface area contributed by atoms with Gasteiger partial charge >= 0.3 is 0 Å². The molecule has 3 aromatic rings. The van der Waals surface area contributed by atoms with Gasteiger partial charge in [0.1, 0.15) is 11.6 Å². The first-order chi connectivity index (χ1) is 12.6. The van der Waals surface area contributed by atoms with Crippen molar-refractivity contribution < 1.29 is 4.74 Å². The summed E-state index contributed by atoms with van der Waals surface area (Å²) >= 11 is 0. The Labute approximate surface area is 154 Å². The molecule has 5 heteroatoms. The number of rotatable bonds is 7. The third-order valence-electron chi connectivity index (χ3n) is 3.94. The number of nitrogens with one attached hydrogen (secondary N) is 2. The number of nitrogens with zero attached hydrogens (tertiary/aromatic N) is 2. The third kappa shape index (κ3) is 4.72. The summed E-state index contributed by atoms with van der Waals surface area (Å²) in [5.74, 6) is 2.22. The van der Waals surface area contributed by atoms with E-state index in [1.807, 2.05) is 62.4 Å². The maximum atomic E-state index is 5.47. The van der Waals surface area contributed by atoms with Crippen LogP contribution in [0.3, 0.4) is 0 Å².